The first-order valence-electron chi connectivity index (χ1n) is 19.7. The maximum absolute atomic E-state index is 13.5. The van der Waals surface area contributed by atoms with E-state index in [4.69, 9.17) is 24.0 Å². The van der Waals surface area contributed by atoms with Gasteiger partial charge in [-0.15, -0.1) is 0 Å². The van der Waals surface area contributed by atoms with Gasteiger partial charge in [-0.05, 0) is 85.6 Å². The Morgan fingerprint density at radius 3 is 1.38 bits per heavy atom. The molecule has 2 aromatic heterocycles. The van der Waals surface area contributed by atoms with E-state index in [1.54, 1.807) is 38.1 Å². The van der Waals surface area contributed by atoms with Crippen molar-refractivity contribution in [3.8, 4) is 44.9 Å². The zero-order valence-electron chi connectivity index (χ0n) is 35.2. The smallest absolute Gasteiger partial charge is 0.342 e. The molecule has 3 N–H and O–H groups in total. The van der Waals surface area contributed by atoms with Gasteiger partial charge in [0.25, 0.3) is 0 Å². The SMILES string of the molecule is CCOC(=O)c1c(-c2ccc(F)cc2)oc2cc(N)c(-c3ccccc3)cc12.CCOC(=O)c1c(-c2ccc(F)cc2)oc2cc(NS(C)(=O)=O)c(-c3ccccc3)cc12.CS(=O)(=O)Cl. The summed E-state index contributed by atoms with van der Waals surface area (Å²) in [5, 5.41) is 1.06. The summed E-state index contributed by atoms with van der Waals surface area (Å²) in [7, 11) is -2.28. The number of carbonyl (C=O) groups is 2. The number of halogens is 3. The summed E-state index contributed by atoms with van der Waals surface area (Å²) in [4.78, 5) is 25.6. The van der Waals surface area contributed by atoms with Crippen LogP contribution in [0.15, 0.2) is 142 Å². The molecule has 65 heavy (non-hydrogen) atoms. The van der Waals surface area contributed by atoms with Crippen molar-refractivity contribution in [3.63, 3.8) is 0 Å². The van der Waals surface area contributed by atoms with Crippen molar-refractivity contribution in [1.82, 2.24) is 0 Å². The van der Waals surface area contributed by atoms with Crippen LogP contribution in [0.1, 0.15) is 34.6 Å². The van der Waals surface area contributed by atoms with E-state index in [9.17, 15) is 35.2 Å². The van der Waals surface area contributed by atoms with E-state index in [1.807, 2.05) is 66.7 Å². The summed E-state index contributed by atoms with van der Waals surface area (Å²) < 4.78 is 94.5. The van der Waals surface area contributed by atoms with E-state index in [0.29, 0.717) is 61.3 Å². The minimum absolute atomic E-state index is 0.160. The van der Waals surface area contributed by atoms with Gasteiger partial charge in [0.15, 0.2) is 0 Å². The van der Waals surface area contributed by atoms with Crippen LogP contribution < -0.4 is 10.5 Å². The molecule has 0 fully saturated rings. The van der Waals surface area contributed by atoms with Crippen LogP contribution in [0, 0.1) is 11.6 Å². The lowest BCUT2D eigenvalue weighted by atomic mass is 9.99. The molecule has 0 saturated heterocycles. The second-order valence-corrected chi connectivity index (χ2v) is 19.0. The standard InChI is InChI=1S/C24H20FNO5S.C23H18FNO3.CH3ClO2S/c1-3-30-24(27)22-19-13-18(15-7-5-4-6-8-15)20(26-32(2,28)29)14-21(19)31-23(22)16-9-11-17(25)12-10-16;1-2-27-23(26)21-18-12-17(14-6-4-3-5-7-14)19(25)13-20(18)28-22(21)15-8-10-16(24)11-9-15;1-5(2,3)4/h4-14,26H,3H2,1-2H3;3-13H,2,25H2,1H3;1H3. The summed E-state index contributed by atoms with van der Waals surface area (Å²) in [5.41, 5.74) is 12.5. The number of nitrogens with two attached hydrogens (primary N) is 1. The fourth-order valence-corrected chi connectivity index (χ4v) is 7.30. The third-order valence-electron chi connectivity index (χ3n) is 9.33. The fourth-order valence-electron chi connectivity index (χ4n) is 6.73. The summed E-state index contributed by atoms with van der Waals surface area (Å²) in [6.45, 7) is 3.83. The molecule has 0 radical (unpaired) electrons. The van der Waals surface area contributed by atoms with Crippen molar-refractivity contribution >= 4 is 75.0 Å². The number of furan rings is 2. The molecule has 17 heteroatoms. The summed E-state index contributed by atoms with van der Waals surface area (Å²) in [5.74, 6) is -1.33. The lowest BCUT2D eigenvalue weighted by molar-refractivity contribution is 0.0519. The number of nitrogens with one attached hydrogen (secondary N) is 1. The average Bonchev–Trinajstić information content (AvgIpc) is 3.81. The molecule has 2 heterocycles. The number of esters is 2. The molecular weight excluding hydrogens is 902 g/mol. The van der Waals surface area contributed by atoms with Crippen LogP contribution in [0.5, 0.6) is 0 Å². The molecular formula is C48H41ClF2N2O10S2. The van der Waals surface area contributed by atoms with Gasteiger partial charge in [-0.3, -0.25) is 4.72 Å². The summed E-state index contributed by atoms with van der Waals surface area (Å²) in [6, 6.07) is 36.9. The Labute approximate surface area is 378 Å². The second-order valence-electron chi connectivity index (χ2n) is 14.2. The van der Waals surface area contributed by atoms with E-state index in [1.165, 1.54) is 42.5 Å². The zero-order valence-corrected chi connectivity index (χ0v) is 37.6. The normalized spacial score (nSPS) is 11.2. The third kappa shape index (κ3) is 12.0. The van der Waals surface area contributed by atoms with Crippen molar-refractivity contribution in [2.75, 3.05) is 36.2 Å². The van der Waals surface area contributed by atoms with Crippen LogP contribution in [-0.2, 0) is 28.5 Å². The molecule has 0 aliphatic rings. The van der Waals surface area contributed by atoms with Crippen LogP contribution in [0.25, 0.3) is 66.8 Å². The summed E-state index contributed by atoms with van der Waals surface area (Å²) >= 11 is 0. The van der Waals surface area contributed by atoms with Gasteiger partial charge in [-0.1, -0.05) is 60.7 Å². The zero-order chi connectivity index (χ0) is 47.1. The first-order valence-corrected chi connectivity index (χ1v) is 24.3. The van der Waals surface area contributed by atoms with Gasteiger partial charge >= 0.3 is 11.9 Å². The minimum atomic E-state index is -3.59. The molecule has 0 aliphatic heterocycles. The molecule has 6 aromatic carbocycles. The molecule has 8 aromatic rings. The quantitative estimate of drug-likeness (QED) is 0.0755. The van der Waals surface area contributed by atoms with Crippen LogP contribution in [0.4, 0.5) is 20.2 Å². The Bertz CT molecular complexity index is 3210. The van der Waals surface area contributed by atoms with E-state index < -0.39 is 36.8 Å². The molecule has 8 rings (SSSR count). The molecule has 12 nitrogen and oxygen atoms in total. The highest BCUT2D eigenvalue weighted by Gasteiger charge is 2.27. The Morgan fingerprint density at radius 2 is 0.985 bits per heavy atom. The number of hydrogen-bond donors (Lipinski definition) is 2. The number of nitrogen functional groups attached to an aromatic ring is 1. The van der Waals surface area contributed by atoms with E-state index in [0.717, 1.165) is 29.2 Å². The van der Waals surface area contributed by atoms with Crippen molar-refractivity contribution in [2.45, 2.75) is 13.8 Å². The lowest BCUT2D eigenvalue weighted by Gasteiger charge is -2.11. The Morgan fingerprint density at radius 1 is 0.600 bits per heavy atom. The topological polar surface area (TPSA) is 185 Å². The maximum atomic E-state index is 13.5. The number of hydrogen-bond acceptors (Lipinski definition) is 11. The number of carbonyl (C=O) groups excluding carboxylic acids is 2. The van der Waals surface area contributed by atoms with Crippen LogP contribution in [0.3, 0.4) is 0 Å². The highest BCUT2D eigenvalue weighted by molar-refractivity contribution is 8.13. The van der Waals surface area contributed by atoms with E-state index in [2.05, 4.69) is 15.4 Å². The Kier molecular flexibility index (Phi) is 14.8. The lowest BCUT2D eigenvalue weighted by Crippen LogP contribution is -2.10. The molecule has 0 aliphatic carbocycles. The minimum Gasteiger partial charge on any atom is -0.462 e. The monoisotopic (exact) mass is 942 g/mol. The van der Waals surface area contributed by atoms with Gasteiger partial charge in [-0.2, -0.15) is 0 Å². The highest BCUT2D eigenvalue weighted by Crippen LogP contribution is 2.41. The molecule has 0 unspecified atom stereocenters. The van der Waals surface area contributed by atoms with Crippen LogP contribution >= 0.6 is 10.7 Å². The van der Waals surface area contributed by atoms with E-state index >= 15 is 0 Å². The molecule has 0 atom stereocenters. The molecule has 336 valence electrons. The number of anilines is 2. The number of rotatable bonds is 10. The average molecular weight is 943 g/mol. The van der Waals surface area contributed by atoms with Crippen molar-refractivity contribution in [3.05, 3.63) is 156 Å². The molecule has 0 amide bonds. The predicted molar refractivity (Wildman–Crippen MR) is 250 cm³/mol. The largest absolute Gasteiger partial charge is 0.462 e. The molecule has 0 bridgehead atoms. The predicted octanol–water partition coefficient (Wildman–Crippen LogP) is 11.3. The third-order valence-corrected chi connectivity index (χ3v) is 9.92. The van der Waals surface area contributed by atoms with Gasteiger partial charge in [-0.25, -0.2) is 35.2 Å². The van der Waals surface area contributed by atoms with Gasteiger partial charge in [0.1, 0.15) is 45.4 Å². The molecule has 0 saturated carbocycles. The first kappa shape index (κ1) is 47.5. The van der Waals surface area contributed by atoms with Crippen LogP contribution in [-0.4, -0.2) is 54.5 Å². The van der Waals surface area contributed by atoms with E-state index in [-0.39, 0.29) is 30.4 Å². The van der Waals surface area contributed by atoms with Crippen molar-refractivity contribution in [2.24, 2.45) is 0 Å². The van der Waals surface area contributed by atoms with Crippen LogP contribution in [0.2, 0.25) is 0 Å². The Balaban J connectivity index is 0.000000197. The summed E-state index contributed by atoms with van der Waals surface area (Å²) in [6.07, 6.45) is 1.98. The fraction of sp³-hybridized carbons (Fsp3) is 0.125. The maximum Gasteiger partial charge on any atom is 0.342 e. The number of fused-ring (bicyclic) bond motifs is 2. The highest BCUT2D eigenvalue weighted by atomic mass is 35.7. The van der Waals surface area contributed by atoms with Gasteiger partial charge in [0.05, 0.1) is 31.4 Å². The van der Waals surface area contributed by atoms with Gasteiger partial charge in [0, 0.05) is 61.5 Å². The second kappa shape index (κ2) is 20.2. The Hall–Kier alpha value is -7.01. The number of sulfonamides is 1. The first-order chi connectivity index (χ1) is 30.8. The van der Waals surface area contributed by atoms with Gasteiger partial charge < -0.3 is 24.0 Å². The van der Waals surface area contributed by atoms with Gasteiger partial charge in [0.2, 0.25) is 19.1 Å². The van der Waals surface area contributed by atoms with Crippen molar-refractivity contribution < 1.29 is 53.5 Å². The van der Waals surface area contributed by atoms with Crippen molar-refractivity contribution in [1.29, 1.82) is 0 Å². The number of ether oxygens (including phenoxy) is 2. The number of benzene rings is 6. The molecule has 0 spiro atoms.